The van der Waals surface area contributed by atoms with Crippen LogP contribution in [0.2, 0.25) is 0 Å². The molecule has 0 unspecified atom stereocenters. The minimum absolute atomic E-state index is 0.742. The van der Waals surface area contributed by atoms with E-state index in [9.17, 15) is 0 Å². The molecule has 0 aromatic heterocycles. The van der Waals surface area contributed by atoms with E-state index in [0.29, 0.717) is 0 Å². The van der Waals surface area contributed by atoms with Gasteiger partial charge >= 0.3 is 0 Å². The third-order valence-corrected chi connectivity index (χ3v) is 3.44. The van der Waals surface area contributed by atoms with Crippen LogP contribution in [0.5, 0.6) is 0 Å². The highest BCUT2D eigenvalue weighted by molar-refractivity contribution is 5.39. The molecule has 0 spiro atoms. The Morgan fingerprint density at radius 1 is 1.20 bits per heavy atom. The van der Waals surface area contributed by atoms with E-state index in [0.717, 1.165) is 11.5 Å². The summed E-state index contributed by atoms with van der Waals surface area (Å²) >= 11 is 0. The van der Waals surface area contributed by atoms with Gasteiger partial charge in [-0.05, 0) is 48.9 Å². The largest absolute Gasteiger partial charge is 0.192 e. The van der Waals surface area contributed by atoms with Crippen molar-refractivity contribution in [2.24, 2.45) is 0 Å². The third kappa shape index (κ3) is 2.21. The summed E-state index contributed by atoms with van der Waals surface area (Å²) in [7, 11) is 0. The molecule has 0 radical (unpaired) electrons. The van der Waals surface area contributed by atoms with Gasteiger partial charge in [0.2, 0.25) is 0 Å². The maximum atomic E-state index is 8.81. The molecule has 0 saturated heterocycles. The van der Waals surface area contributed by atoms with Crippen molar-refractivity contribution in [3.63, 3.8) is 0 Å². The molecule has 1 aromatic carbocycles. The molecule has 0 aliphatic heterocycles. The van der Waals surface area contributed by atoms with Crippen molar-refractivity contribution < 1.29 is 0 Å². The molecule has 1 aromatic rings. The van der Waals surface area contributed by atoms with Crippen molar-refractivity contribution in [2.75, 3.05) is 0 Å². The number of nitrogens with zero attached hydrogens (tertiary/aromatic N) is 1. The molecule has 0 amide bonds. The summed E-state index contributed by atoms with van der Waals surface area (Å²) in [5.41, 5.74) is 3.54. The third-order valence-electron chi connectivity index (χ3n) is 3.44. The predicted octanol–water partition coefficient (Wildman–Crippen LogP) is 3.91. The van der Waals surface area contributed by atoms with E-state index in [1.54, 1.807) is 0 Å². The van der Waals surface area contributed by atoms with Gasteiger partial charge in [-0.1, -0.05) is 25.3 Å². The summed E-state index contributed by atoms with van der Waals surface area (Å²) in [6.45, 7) is 2.13. The van der Waals surface area contributed by atoms with Gasteiger partial charge in [-0.25, -0.2) is 0 Å². The summed E-state index contributed by atoms with van der Waals surface area (Å²) < 4.78 is 0. The van der Waals surface area contributed by atoms with Crippen LogP contribution in [0.1, 0.15) is 54.7 Å². The fourth-order valence-electron chi connectivity index (χ4n) is 2.62. The summed E-state index contributed by atoms with van der Waals surface area (Å²) in [5.74, 6) is 0.742. The number of hydrogen-bond acceptors (Lipinski definition) is 1. The molecule has 1 heteroatoms. The molecule has 1 saturated carbocycles. The second kappa shape index (κ2) is 4.49. The fraction of sp³-hybridized carbons (Fsp3) is 0.500. The molecule has 78 valence electrons. The van der Waals surface area contributed by atoms with Gasteiger partial charge in [0.05, 0.1) is 11.6 Å². The summed E-state index contributed by atoms with van der Waals surface area (Å²) in [4.78, 5) is 0. The first-order valence-corrected chi connectivity index (χ1v) is 5.82. The molecule has 15 heavy (non-hydrogen) atoms. The van der Waals surface area contributed by atoms with Crippen molar-refractivity contribution in [3.05, 3.63) is 34.9 Å². The zero-order valence-corrected chi connectivity index (χ0v) is 9.29. The smallest absolute Gasteiger partial charge is 0.0991 e. The Kier molecular flexibility index (Phi) is 3.06. The first kappa shape index (κ1) is 10.2. The van der Waals surface area contributed by atoms with E-state index in [2.05, 4.69) is 19.1 Å². The lowest BCUT2D eigenvalue weighted by Crippen LogP contribution is -2.06. The van der Waals surface area contributed by atoms with E-state index < -0.39 is 0 Å². The highest BCUT2D eigenvalue weighted by atomic mass is 14.2. The average Bonchev–Trinajstić information content (AvgIpc) is 2.30. The predicted molar refractivity (Wildman–Crippen MR) is 61.7 cm³/mol. The lowest BCUT2D eigenvalue weighted by molar-refractivity contribution is 0.442. The van der Waals surface area contributed by atoms with E-state index in [1.807, 2.05) is 12.1 Å². The topological polar surface area (TPSA) is 23.8 Å². The number of benzene rings is 1. The first-order chi connectivity index (χ1) is 7.31. The molecule has 1 aliphatic carbocycles. The lowest BCUT2D eigenvalue weighted by atomic mass is 9.82. The lowest BCUT2D eigenvalue weighted by Gasteiger charge is -2.23. The SMILES string of the molecule is Cc1cc(C#N)ccc1C1CCCCC1. The molecule has 0 atom stereocenters. The minimum Gasteiger partial charge on any atom is -0.192 e. The second-order valence-electron chi connectivity index (χ2n) is 4.52. The number of hydrogen-bond donors (Lipinski definition) is 0. The van der Waals surface area contributed by atoms with Crippen LogP contribution >= 0.6 is 0 Å². The monoisotopic (exact) mass is 199 g/mol. The van der Waals surface area contributed by atoms with E-state index in [4.69, 9.17) is 5.26 Å². The van der Waals surface area contributed by atoms with Crippen LogP contribution in [0.3, 0.4) is 0 Å². The summed E-state index contributed by atoms with van der Waals surface area (Å²) in [5, 5.41) is 8.81. The first-order valence-electron chi connectivity index (χ1n) is 5.82. The van der Waals surface area contributed by atoms with E-state index in [-0.39, 0.29) is 0 Å². The Morgan fingerprint density at radius 3 is 2.53 bits per heavy atom. The van der Waals surface area contributed by atoms with Gasteiger partial charge in [0.25, 0.3) is 0 Å². The van der Waals surface area contributed by atoms with Crippen LogP contribution < -0.4 is 0 Å². The van der Waals surface area contributed by atoms with E-state index in [1.165, 1.54) is 43.2 Å². The summed E-state index contributed by atoms with van der Waals surface area (Å²) in [6, 6.07) is 8.33. The molecule has 1 nitrogen and oxygen atoms in total. The molecule has 1 fully saturated rings. The van der Waals surface area contributed by atoms with Crippen molar-refractivity contribution in [1.82, 2.24) is 0 Å². The highest BCUT2D eigenvalue weighted by Crippen LogP contribution is 2.34. The molecule has 1 aliphatic rings. The number of rotatable bonds is 1. The number of aryl methyl sites for hydroxylation is 1. The van der Waals surface area contributed by atoms with Crippen molar-refractivity contribution in [3.8, 4) is 6.07 Å². The van der Waals surface area contributed by atoms with Crippen LogP contribution in [0.4, 0.5) is 0 Å². The molecular weight excluding hydrogens is 182 g/mol. The van der Waals surface area contributed by atoms with Gasteiger partial charge < -0.3 is 0 Å². The average molecular weight is 199 g/mol. The molecule has 0 heterocycles. The van der Waals surface area contributed by atoms with Crippen molar-refractivity contribution in [1.29, 1.82) is 5.26 Å². The Morgan fingerprint density at radius 2 is 1.93 bits per heavy atom. The standard InChI is InChI=1S/C14H17N/c1-11-9-12(10-15)7-8-14(11)13-5-3-2-4-6-13/h7-9,13H,2-6H2,1H3. The van der Waals surface area contributed by atoms with Crippen LogP contribution in [-0.4, -0.2) is 0 Å². The highest BCUT2D eigenvalue weighted by Gasteiger charge is 2.16. The summed E-state index contributed by atoms with van der Waals surface area (Å²) in [6.07, 6.45) is 6.78. The van der Waals surface area contributed by atoms with Crippen LogP contribution in [0, 0.1) is 18.3 Å². The van der Waals surface area contributed by atoms with Crippen molar-refractivity contribution in [2.45, 2.75) is 44.9 Å². The minimum atomic E-state index is 0.742. The van der Waals surface area contributed by atoms with E-state index >= 15 is 0 Å². The molecule has 2 rings (SSSR count). The van der Waals surface area contributed by atoms with Crippen LogP contribution in [0.25, 0.3) is 0 Å². The van der Waals surface area contributed by atoms with Gasteiger partial charge in [0, 0.05) is 0 Å². The quantitative estimate of drug-likeness (QED) is 0.672. The van der Waals surface area contributed by atoms with Crippen LogP contribution in [0.15, 0.2) is 18.2 Å². The zero-order chi connectivity index (χ0) is 10.7. The fourth-order valence-corrected chi connectivity index (χ4v) is 2.62. The van der Waals surface area contributed by atoms with Gasteiger partial charge in [0.1, 0.15) is 0 Å². The Labute approximate surface area is 91.7 Å². The van der Waals surface area contributed by atoms with Gasteiger partial charge in [0.15, 0.2) is 0 Å². The van der Waals surface area contributed by atoms with Gasteiger partial charge in [-0.2, -0.15) is 5.26 Å². The Hall–Kier alpha value is -1.29. The molecule has 0 N–H and O–H groups in total. The molecular formula is C14H17N. The van der Waals surface area contributed by atoms with Gasteiger partial charge in [-0.3, -0.25) is 0 Å². The van der Waals surface area contributed by atoms with Crippen LogP contribution in [-0.2, 0) is 0 Å². The molecule has 0 bridgehead atoms. The Bertz CT molecular complexity index is 381. The maximum absolute atomic E-state index is 8.81. The van der Waals surface area contributed by atoms with Gasteiger partial charge in [-0.15, -0.1) is 0 Å². The maximum Gasteiger partial charge on any atom is 0.0991 e. The van der Waals surface area contributed by atoms with Crippen molar-refractivity contribution >= 4 is 0 Å². The second-order valence-corrected chi connectivity index (χ2v) is 4.52. The zero-order valence-electron chi connectivity index (χ0n) is 9.29. The Balaban J connectivity index is 2.24. The number of nitriles is 1. The normalized spacial score (nSPS) is 17.3.